The number of carbonyl (C=O) groups excluding carboxylic acids is 3. The molecule has 0 radical (unpaired) electrons. The highest BCUT2D eigenvalue weighted by atomic mass is 35.5. The number of hydrogen-bond acceptors (Lipinski definition) is 10. The van der Waals surface area contributed by atoms with Crippen molar-refractivity contribution < 1.29 is 32.3 Å². The summed E-state index contributed by atoms with van der Waals surface area (Å²) in [5.74, 6) is -2.11. The summed E-state index contributed by atoms with van der Waals surface area (Å²) in [5, 5.41) is 14.6. The Morgan fingerprint density at radius 3 is 2.06 bits per heavy atom. The Bertz CT molecular complexity index is 1890. The summed E-state index contributed by atoms with van der Waals surface area (Å²) >= 11 is 6.03. The number of ether oxygens (including phenoxy) is 1. The van der Waals surface area contributed by atoms with E-state index in [2.05, 4.69) is 41.5 Å². The number of amides is 3. The van der Waals surface area contributed by atoms with Gasteiger partial charge in [0.05, 0.1) is 5.54 Å². The summed E-state index contributed by atoms with van der Waals surface area (Å²) in [5.41, 5.74) is 7.45. The van der Waals surface area contributed by atoms with E-state index >= 15 is 0 Å². The maximum Gasteiger partial charge on any atom is 0.422 e. The van der Waals surface area contributed by atoms with Crippen molar-refractivity contribution >= 4 is 52.6 Å². The third-order valence-electron chi connectivity index (χ3n) is 7.99. The largest absolute Gasteiger partial charge is 0.454 e. The van der Waals surface area contributed by atoms with Gasteiger partial charge in [0.25, 0.3) is 5.91 Å². The number of nitrogens with two attached hydrogens (primary N) is 1. The van der Waals surface area contributed by atoms with Crippen LogP contribution in [0.15, 0.2) is 72.8 Å². The number of halogens is 4. The monoisotopic (exact) mass is 739 g/mol. The Kier molecular flexibility index (Phi) is 11.5. The van der Waals surface area contributed by atoms with Crippen LogP contribution < -0.4 is 37.1 Å². The smallest absolute Gasteiger partial charge is 0.422 e. The van der Waals surface area contributed by atoms with Gasteiger partial charge in [-0.05, 0) is 77.9 Å². The lowest BCUT2D eigenvalue weighted by Crippen LogP contribution is -2.44. The highest BCUT2D eigenvalue weighted by molar-refractivity contribution is 6.39. The second-order valence-electron chi connectivity index (χ2n) is 13.0. The molecule has 3 aromatic carbocycles. The first-order valence-electron chi connectivity index (χ1n) is 16.2. The van der Waals surface area contributed by atoms with Crippen LogP contribution in [0.25, 0.3) is 0 Å². The first kappa shape index (κ1) is 37.8. The molecule has 7 N–H and O–H groups in total. The SMILES string of the molecule is CC(C)(CNC(=O)C(=O)Nc1ccc(CN)cc1)CNC(=O)c1ccc(Nc2nc(NC3(c4ccc(Cl)cc4)CC3)nc(OCC(F)(F)F)n2)cc1. The van der Waals surface area contributed by atoms with E-state index < -0.39 is 47.5 Å². The van der Waals surface area contributed by atoms with Crippen LogP contribution in [0.3, 0.4) is 0 Å². The van der Waals surface area contributed by atoms with Gasteiger partial charge >= 0.3 is 24.0 Å². The van der Waals surface area contributed by atoms with E-state index in [1.54, 1.807) is 48.5 Å². The lowest BCUT2D eigenvalue weighted by molar-refractivity contribution is -0.154. The van der Waals surface area contributed by atoms with E-state index in [9.17, 15) is 27.6 Å². The number of hydrogen-bond donors (Lipinski definition) is 6. The Balaban J connectivity index is 1.16. The highest BCUT2D eigenvalue weighted by Crippen LogP contribution is 2.48. The molecule has 0 spiro atoms. The van der Waals surface area contributed by atoms with Crippen LogP contribution in [0.1, 0.15) is 48.2 Å². The number of anilines is 4. The number of nitrogens with zero attached hydrogens (tertiary/aromatic N) is 3. The molecule has 1 aliphatic carbocycles. The van der Waals surface area contributed by atoms with Crippen molar-refractivity contribution in [2.24, 2.45) is 11.1 Å². The summed E-state index contributed by atoms with van der Waals surface area (Å²) in [7, 11) is 0. The fourth-order valence-corrected chi connectivity index (χ4v) is 5.03. The first-order valence-corrected chi connectivity index (χ1v) is 16.5. The molecule has 0 aliphatic heterocycles. The molecular weight excluding hydrogens is 703 g/mol. The van der Waals surface area contributed by atoms with E-state index in [1.165, 1.54) is 12.1 Å². The summed E-state index contributed by atoms with van der Waals surface area (Å²) in [4.78, 5) is 50.0. The van der Waals surface area contributed by atoms with E-state index in [4.69, 9.17) is 22.1 Å². The van der Waals surface area contributed by atoms with Gasteiger partial charge in [0.1, 0.15) is 0 Å². The number of rotatable bonds is 14. The molecular formula is C35H37ClF3N9O4. The topological polar surface area (TPSA) is 185 Å². The molecule has 52 heavy (non-hydrogen) atoms. The number of nitrogens with one attached hydrogen (secondary N) is 5. The maximum atomic E-state index is 12.9. The molecule has 274 valence electrons. The summed E-state index contributed by atoms with van der Waals surface area (Å²) in [6.07, 6.45) is -3.14. The van der Waals surface area contributed by atoms with E-state index in [0.29, 0.717) is 28.5 Å². The zero-order valence-electron chi connectivity index (χ0n) is 28.2. The van der Waals surface area contributed by atoms with Crippen LogP contribution in [-0.4, -0.2) is 58.5 Å². The molecule has 5 rings (SSSR count). The minimum Gasteiger partial charge on any atom is -0.454 e. The summed E-state index contributed by atoms with van der Waals surface area (Å²) < 4.78 is 43.6. The molecule has 0 unspecified atom stereocenters. The molecule has 1 aliphatic rings. The van der Waals surface area contributed by atoms with E-state index in [-0.39, 0.29) is 25.0 Å². The molecule has 0 atom stereocenters. The van der Waals surface area contributed by atoms with Gasteiger partial charge in [-0.15, -0.1) is 0 Å². The first-order chi connectivity index (χ1) is 24.6. The molecule has 1 aromatic heterocycles. The Hall–Kier alpha value is -5.48. The minimum absolute atomic E-state index is 0.00942. The van der Waals surface area contributed by atoms with Gasteiger partial charge < -0.3 is 37.1 Å². The second-order valence-corrected chi connectivity index (χ2v) is 13.4. The van der Waals surface area contributed by atoms with Crippen molar-refractivity contribution in [1.29, 1.82) is 0 Å². The van der Waals surface area contributed by atoms with Crippen LogP contribution >= 0.6 is 11.6 Å². The van der Waals surface area contributed by atoms with Crippen molar-refractivity contribution in [1.82, 2.24) is 25.6 Å². The zero-order chi connectivity index (χ0) is 37.5. The standard InChI is InChI=1S/C35H37ClF3N9O4/c1-33(2,19-42-28(50)29(51)43-25-11-3-21(17-40)4-12-25)18-41-27(49)22-5-13-26(14-6-22)44-30-45-31(47-32(46-30)52-20-35(37,38)39)48-34(15-16-34)23-7-9-24(36)10-8-23/h3-14H,15-20,40H2,1-2H3,(H,41,49)(H,42,50)(H,43,51)(H2,44,45,46,47,48). The summed E-state index contributed by atoms with van der Waals surface area (Å²) in [6, 6.07) is 19.7. The van der Waals surface area contributed by atoms with Crippen LogP contribution in [0.4, 0.5) is 36.4 Å². The Morgan fingerprint density at radius 1 is 0.827 bits per heavy atom. The average molecular weight is 740 g/mol. The van der Waals surface area contributed by atoms with Crippen molar-refractivity contribution in [3.8, 4) is 6.01 Å². The zero-order valence-corrected chi connectivity index (χ0v) is 29.0. The van der Waals surface area contributed by atoms with Gasteiger partial charge in [-0.1, -0.05) is 49.7 Å². The van der Waals surface area contributed by atoms with Crippen molar-refractivity contribution in [3.63, 3.8) is 0 Å². The van der Waals surface area contributed by atoms with Gasteiger partial charge in [0.15, 0.2) is 6.61 Å². The number of carbonyl (C=O) groups is 3. The Morgan fingerprint density at radius 2 is 1.44 bits per heavy atom. The third-order valence-corrected chi connectivity index (χ3v) is 8.24. The quantitative estimate of drug-likeness (QED) is 0.0930. The predicted octanol–water partition coefficient (Wildman–Crippen LogP) is 5.28. The summed E-state index contributed by atoms with van der Waals surface area (Å²) in [6.45, 7) is 2.67. The minimum atomic E-state index is -4.61. The van der Waals surface area contributed by atoms with Gasteiger partial charge in [0.2, 0.25) is 11.9 Å². The van der Waals surface area contributed by atoms with Crippen molar-refractivity contribution in [3.05, 3.63) is 94.5 Å². The van der Waals surface area contributed by atoms with E-state index in [0.717, 1.165) is 24.0 Å². The lowest BCUT2D eigenvalue weighted by atomic mass is 9.93. The molecule has 1 saturated carbocycles. The van der Waals surface area contributed by atoms with Gasteiger partial charge in [-0.2, -0.15) is 28.1 Å². The average Bonchev–Trinajstić information content (AvgIpc) is 3.89. The normalized spacial score (nSPS) is 13.4. The molecule has 0 bridgehead atoms. The molecule has 3 amide bonds. The van der Waals surface area contributed by atoms with Crippen LogP contribution in [-0.2, 0) is 21.7 Å². The van der Waals surface area contributed by atoms with Crippen LogP contribution in [0, 0.1) is 5.41 Å². The van der Waals surface area contributed by atoms with Crippen LogP contribution in [0.2, 0.25) is 5.02 Å². The molecule has 4 aromatic rings. The van der Waals surface area contributed by atoms with Gasteiger partial charge in [-0.3, -0.25) is 14.4 Å². The van der Waals surface area contributed by atoms with Gasteiger partial charge in [-0.25, -0.2) is 0 Å². The highest BCUT2D eigenvalue weighted by Gasteiger charge is 2.45. The maximum absolute atomic E-state index is 12.9. The molecule has 1 heterocycles. The van der Waals surface area contributed by atoms with Crippen LogP contribution in [0.5, 0.6) is 6.01 Å². The number of benzene rings is 3. The number of alkyl halides is 3. The number of aromatic nitrogens is 3. The second kappa shape index (κ2) is 15.8. The molecule has 0 saturated heterocycles. The van der Waals surface area contributed by atoms with Gasteiger partial charge in [0, 0.05) is 41.6 Å². The van der Waals surface area contributed by atoms with Crippen molar-refractivity contribution in [2.45, 2.75) is 44.9 Å². The fraction of sp³-hybridized carbons (Fsp3) is 0.314. The lowest BCUT2D eigenvalue weighted by Gasteiger charge is -2.25. The Labute approximate surface area is 302 Å². The molecule has 1 fully saturated rings. The fourth-order valence-electron chi connectivity index (χ4n) is 4.90. The predicted molar refractivity (Wildman–Crippen MR) is 189 cm³/mol. The van der Waals surface area contributed by atoms with E-state index in [1.807, 2.05) is 26.0 Å². The third kappa shape index (κ3) is 10.8. The molecule has 13 nitrogen and oxygen atoms in total. The van der Waals surface area contributed by atoms with Crippen molar-refractivity contribution in [2.75, 3.05) is 35.6 Å². The molecule has 17 heteroatoms.